The molecule has 1 aromatic carbocycles. The van der Waals surface area contributed by atoms with Gasteiger partial charge in [0.15, 0.2) is 17.6 Å². The number of hydrogen-bond acceptors (Lipinski definition) is 5. The molecule has 0 aliphatic heterocycles. The van der Waals surface area contributed by atoms with Gasteiger partial charge in [-0.05, 0) is 25.3 Å². The van der Waals surface area contributed by atoms with Gasteiger partial charge in [0.2, 0.25) is 0 Å². The van der Waals surface area contributed by atoms with Crippen molar-refractivity contribution in [3.63, 3.8) is 0 Å². The van der Waals surface area contributed by atoms with Gasteiger partial charge in [-0.15, -0.1) is 0 Å². The van der Waals surface area contributed by atoms with Crippen LogP contribution in [-0.2, 0) is 9.53 Å². The highest BCUT2D eigenvalue weighted by atomic mass is 35.5. The van der Waals surface area contributed by atoms with Gasteiger partial charge in [0.25, 0.3) is 0 Å². The number of aliphatic hydroxyl groups excluding tert-OH is 1. The van der Waals surface area contributed by atoms with E-state index in [0.29, 0.717) is 16.5 Å². The Bertz CT molecular complexity index is 499. The van der Waals surface area contributed by atoms with Crippen LogP contribution >= 0.6 is 11.6 Å². The number of benzene rings is 1. The molecule has 0 spiro atoms. The van der Waals surface area contributed by atoms with Crippen LogP contribution in [0.1, 0.15) is 30.9 Å². The molecule has 1 unspecified atom stereocenters. The minimum atomic E-state index is -1.46. The molecule has 0 bridgehead atoms. The van der Waals surface area contributed by atoms with Gasteiger partial charge in [-0.2, -0.15) is 0 Å². The second kappa shape index (κ2) is 6.33. The van der Waals surface area contributed by atoms with Gasteiger partial charge in [-0.25, -0.2) is 4.79 Å². The molecule has 0 radical (unpaired) electrons. The standard InChI is InChI=1S/C14H17ClO5/c1-18-11-7-8(15)6-10(12(16)14(17)19-2)13(11)20-9-4-3-5-9/h6-7,9,12,16H,3-5H2,1-2H3. The third-order valence-corrected chi connectivity index (χ3v) is 3.54. The SMILES string of the molecule is COC(=O)C(O)c1cc(Cl)cc(OC)c1OC1CCC1. The molecule has 1 aliphatic rings. The largest absolute Gasteiger partial charge is 0.493 e. The molecule has 0 amide bonds. The van der Waals surface area contributed by atoms with Crippen molar-refractivity contribution in [2.75, 3.05) is 14.2 Å². The highest BCUT2D eigenvalue weighted by molar-refractivity contribution is 6.30. The zero-order valence-corrected chi connectivity index (χ0v) is 12.1. The fourth-order valence-corrected chi connectivity index (χ4v) is 2.18. The van der Waals surface area contributed by atoms with Crippen molar-refractivity contribution in [2.24, 2.45) is 0 Å². The first-order valence-electron chi connectivity index (χ1n) is 6.36. The first kappa shape index (κ1) is 14.9. The van der Waals surface area contributed by atoms with Crippen molar-refractivity contribution in [1.29, 1.82) is 0 Å². The normalized spacial score (nSPS) is 16.2. The van der Waals surface area contributed by atoms with E-state index in [2.05, 4.69) is 4.74 Å². The van der Waals surface area contributed by atoms with E-state index >= 15 is 0 Å². The average Bonchev–Trinajstić information content (AvgIpc) is 2.41. The second-order valence-corrected chi connectivity index (χ2v) is 5.06. The smallest absolute Gasteiger partial charge is 0.339 e. The molecule has 1 aromatic rings. The van der Waals surface area contributed by atoms with E-state index in [1.807, 2.05) is 0 Å². The van der Waals surface area contributed by atoms with Gasteiger partial charge in [0.05, 0.1) is 20.3 Å². The van der Waals surface area contributed by atoms with Gasteiger partial charge in [0.1, 0.15) is 0 Å². The summed E-state index contributed by atoms with van der Waals surface area (Å²) in [6.07, 6.45) is 1.62. The molecule has 20 heavy (non-hydrogen) atoms. The maximum atomic E-state index is 11.5. The van der Waals surface area contributed by atoms with Crippen LogP contribution in [0.5, 0.6) is 11.5 Å². The molecule has 1 aliphatic carbocycles. The fourth-order valence-electron chi connectivity index (χ4n) is 1.96. The zero-order chi connectivity index (χ0) is 14.7. The highest BCUT2D eigenvalue weighted by Gasteiger charge is 2.28. The Morgan fingerprint density at radius 1 is 1.40 bits per heavy atom. The molecule has 110 valence electrons. The van der Waals surface area contributed by atoms with E-state index in [1.165, 1.54) is 20.3 Å². The molecule has 0 aromatic heterocycles. The summed E-state index contributed by atoms with van der Waals surface area (Å²) in [7, 11) is 2.69. The summed E-state index contributed by atoms with van der Waals surface area (Å²) in [6, 6.07) is 3.07. The van der Waals surface area contributed by atoms with E-state index in [9.17, 15) is 9.90 Å². The summed E-state index contributed by atoms with van der Waals surface area (Å²) in [4.78, 5) is 11.5. The van der Waals surface area contributed by atoms with Crippen molar-refractivity contribution >= 4 is 17.6 Å². The molecule has 0 heterocycles. The Morgan fingerprint density at radius 2 is 2.10 bits per heavy atom. The van der Waals surface area contributed by atoms with E-state index in [-0.39, 0.29) is 11.7 Å². The minimum absolute atomic E-state index is 0.0775. The third-order valence-electron chi connectivity index (χ3n) is 3.32. The van der Waals surface area contributed by atoms with Crippen molar-refractivity contribution in [1.82, 2.24) is 0 Å². The Kier molecular flexibility index (Phi) is 4.73. The van der Waals surface area contributed by atoms with Crippen LogP contribution in [0.2, 0.25) is 5.02 Å². The molecule has 1 atom stereocenters. The van der Waals surface area contributed by atoms with E-state index in [4.69, 9.17) is 21.1 Å². The van der Waals surface area contributed by atoms with Gasteiger partial charge in [-0.1, -0.05) is 11.6 Å². The first-order chi connectivity index (χ1) is 9.56. The highest BCUT2D eigenvalue weighted by Crippen LogP contribution is 2.40. The lowest BCUT2D eigenvalue weighted by Gasteiger charge is -2.29. The van der Waals surface area contributed by atoms with Crippen molar-refractivity contribution in [2.45, 2.75) is 31.5 Å². The molecular formula is C14H17ClO5. The minimum Gasteiger partial charge on any atom is -0.493 e. The van der Waals surface area contributed by atoms with Gasteiger partial charge < -0.3 is 19.3 Å². The van der Waals surface area contributed by atoms with Crippen LogP contribution in [0.3, 0.4) is 0 Å². The number of rotatable bonds is 5. The van der Waals surface area contributed by atoms with Crippen LogP contribution < -0.4 is 9.47 Å². The lowest BCUT2D eigenvalue weighted by atomic mass is 9.96. The topological polar surface area (TPSA) is 65.0 Å². The maximum Gasteiger partial charge on any atom is 0.339 e. The van der Waals surface area contributed by atoms with Crippen LogP contribution in [0.15, 0.2) is 12.1 Å². The monoisotopic (exact) mass is 300 g/mol. The summed E-state index contributed by atoms with van der Waals surface area (Å²) in [5.74, 6) is -0.0327. The van der Waals surface area contributed by atoms with Crippen molar-refractivity contribution in [3.05, 3.63) is 22.7 Å². The predicted octanol–water partition coefficient (Wildman–Crippen LogP) is 2.49. The summed E-state index contributed by atoms with van der Waals surface area (Å²) in [5.41, 5.74) is 0.258. The molecule has 2 rings (SSSR count). The Morgan fingerprint density at radius 3 is 2.60 bits per heavy atom. The number of esters is 1. The zero-order valence-electron chi connectivity index (χ0n) is 11.4. The quantitative estimate of drug-likeness (QED) is 0.846. The number of hydrogen-bond donors (Lipinski definition) is 1. The Labute approximate surface area is 122 Å². The van der Waals surface area contributed by atoms with Gasteiger partial charge >= 0.3 is 5.97 Å². The summed E-state index contributed by atoms with van der Waals surface area (Å²) < 4.78 is 15.6. The molecule has 1 fully saturated rings. The Hall–Kier alpha value is -1.46. The lowest BCUT2D eigenvalue weighted by molar-refractivity contribution is -0.150. The summed E-state index contributed by atoms with van der Waals surface area (Å²) >= 11 is 5.98. The van der Waals surface area contributed by atoms with E-state index < -0.39 is 12.1 Å². The van der Waals surface area contributed by atoms with Crippen molar-refractivity contribution < 1.29 is 24.1 Å². The van der Waals surface area contributed by atoms with Crippen molar-refractivity contribution in [3.8, 4) is 11.5 Å². The molecular weight excluding hydrogens is 284 g/mol. The number of methoxy groups -OCH3 is 2. The summed E-state index contributed by atoms with van der Waals surface area (Å²) in [5, 5.41) is 10.4. The number of carbonyl (C=O) groups excluding carboxylic acids is 1. The number of ether oxygens (including phenoxy) is 3. The number of halogens is 1. The van der Waals surface area contributed by atoms with E-state index in [1.54, 1.807) is 6.07 Å². The van der Waals surface area contributed by atoms with Crippen LogP contribution in [0.4, 0.5) is 0 Å². The fraction of sp³-hybridized carbons (Fsp3) is 0.500. The molecule has 1 saturated carbocycles. The average molecular weight is 301 g/mol. The van der Waals surface area contributed by atoms with Gasteiger partial charge in [-0.3, -0.25) is 0 Å². The predicted molar refractivity (Wildman–Crippen MR) is 73.2 cm³/mol. The summed E-state index contributed by atoms with van der Waals surface area (Å²) in [6.45, 7) is 0. The number of carbonyl (C=O) groups is 1. The number of aliphatic hydroxyl groups is 1. The molecule has 0 saturated heterocycles. The van der Waals surface area contributed by atoms with E-state index in [0.717, 1.165) is 19.3 Å². The second-order valence-electron chi connectivity index (χ2n) is 4.62. The van der Waals surface area contributed by atoms with Crippen LogP contribution in [-0.4, -0.2) is 31.4 Å². The van der Waals surface area contributed by atoms with Crippen LogP contribution in [0.25, 0.3) is 0 Å². The van der Waals surface area contributed by atoms with Crippen LogP contribution in [0, 0.1) is 0 Å². The first-order valence-corrected chi connectivity index (χ1v) is 6.74. The van der Waals surface area contributed by atoms with Gasteiger partial charge in [0, 0.05) is 16.7 Å². The molecule has 5 nitrogen and oxygen atoms in total. The molecule has 1 N–H and O–H groups in total. The lowest BCUT2D eigenvalue weighted by Crippen LogP contribution is -2.26. The maximum absolute atomic E-state index is 11.5. The Balaban J connectivity index is 2.40. The third kappa shape index (κ3) is 2.99. The molecule has 6 heteroatoms.